The molecule has 0 amide bonds. The minimum absolute atomic E-state index is 0.100. The number of aliphatic carboxylic acids is 1. The molecule has 2 N–H and O–H groups in total. The predicted octanol–water partition coefficient (Wildman–Crippen LogP) is 0.926. The van der Waals surface area contributed by atoms with Gasteiger partial charge in [0, 0.05) is 19.2 Å². The monoisotopic (exact) mass is 317 g/mol. The summed E-state index contributed by atoms with van der Waals surface area (Å²) in [6.07, 6.45) is 1.99. The average Bonchev–Trinajstić information content (AvgIpc) is 2.42. The Kier molecular flexibility index (Phi) is 6.01. The first-order valence-corrected chi connectivity index (χ1v) is 7.58. The molecule has 0 unspecified atom stereocenters. The number of hydrogen-bond donors (Lipinski definition) is 2. The van der Waals surface area contributed by atoms with Crippen molar-refractivity contribution in [3.05, 3.63) is 35.7 Å². The van der Waals surface area contributed by atoms with Gasteiger partial charge in [0.2, 0.25) is 10.0 Å². The Morgan fingerprint density at radius 1 is 1.43 bits per heavy atom. The van der Waals surface area contributed by atoms with E-state index in [-0.39, 0.29) is 25.3 Å². The number of carboxylic acids is 1. The van der Waals surface area contributed by atoms with E-state index in [0.29, 0.717) is 0 Å². The zero-order valence-corrected chi connectivity index (χ0v) is 12.2. The molecule has 0 aliphatic carbocycles. The topological polar surface area (TPSA) is 94.9 Å². The Morgan fingerprint density at radius 2 is 2.10 bits per heavy atom. The van der Waals surface area contributed by atoms with E-state index in [4.69, 9.17) is 10.2 Å². The van der Waals surface area contributed by atoms with E-state index in [1.165, 1.54) is 6.07 Å². The highest BCUT2D eigenvalue weighted by Gasteiger charge is 2.25. The van der Waals surface area contributed by atoms with Gasteiger partial charge in [-0.15, -0.1) is 0 Å². The van der Waals surface area contributed by atoms with E-state index in [1.54, 1.807) is 6.92 Å². The summed E-state index contributed by atoms with van der Waals surface area (Å²) in [5, 5.41) is 17.3. The van der Waals surface area contributed by atoms with Gasteiger partial charge in [0.15, 0.2) is 0 Å². The van der Waals surface area contributed by atoms with Gasteiger partial charge in [-0.3, -0.25) is 0 Å². The Morgan fingerprint density at radius 3 is 2.57 bits per heavy atom. The van der Waals surface area contributed by atoms with Crippen LogP contribution in [0.2, 0.25) is 0 Å². The van der Waals surface area contributed by atoms with Crippen molar-refractivity contribution >= 4 is 22.1 Å². The van der Waals surface area contributed by atoms with Gasteiger partial charge in [0.25, 0.3) is 0 Å². The minimum Gasteiger partial charge on any atom is -0.478 e. The van der Waals surface area contributed by atoms with Crippen LogP contribution < -0.4 is 0 Å². The van der Waals surface area contributed by atoms with Gasteiger partial charge in [-0.05, 0) is 23.8 Å². The van der Waals surface area contributed by atoms with Crippen molar-refractivity contribution in [3.63, 3.8) is 0 Å². The molecule has 0 saturated heterocycles. The molecule has 0 radical (unpaired) electrons. The van der Waals surface area contributed by atoms with Crippen LogP contribution in [0, 0.1) is 5.82 Å². The molecule has 1 aromatic rings. The second kappa shape index (κ2) is 7.30. The van der Waals surface area contributed by atoms with Gasteiger partial charge < -0.3 is 10.2 Å². The van der Waals surface area contributed by atoms with Crippen molar-refractivity contribution in [3.8, 4) is 0 Å². The molecule has 0 aliphatic heterocycles. The highest BCUT2D eigenvalue weighted by molar-refractivity contribution is 7.89. The standard InChI is InChI=1S/C13H16FNO5S/c1-2-15(7-8-16)21(19,20)12-5-3-10(9-11(12)14)4-6-13(17)18/h3-6,9,16H,2,7-8H2,1H3,(H,17,18)/b6-4+. The summed E-state index contributed by atoms with van der Waals surface area (Å²) in [5.41, 5.74) is 0.235. The zero-order valence-electron chi connectivity index (χ0n) is 11.4. The Bertz CT molecular complexity index is 642. The van der Waals surface area contributed by atoms with E-state index in [1.807, 2.05) is 0 Å². The first-order chi connectivity index (χ1) is 9.82. The lowest BCUT2D eigenvalue weighted by Crippen LogP contribution is -2.33. The highest BCUT2D eigenvalue weighted by atomic mass is 32.2. The molecule has 0 atom stereocenters. The van der Waals surface area contributed by atoms with E-state index < -0.39 is 26.7 Å². The third-order valence-corrected chi connectivity index (χ3v) is 4.70. The zero-order chi connectivity index (χ0) is 16.0. The molecule has 116 valence electrons. The number of halogens is 1. The van der Waals surface area contributed by atoms with Crippen molar-refractivity contribution in [1.82, 2.24) is 4.31 Å². The fourth-order valence-electron chi connectivity index (χ4n) is 1.70. The lowest BCUT2D eigenvalue weighted by molar-refractivity contribution is -0.131. The Labute approximate surface area is 122 Å². The second-order valence-corrected chi connectivity index (χ2v) is 5.99. The number of aliphatic hydroxyl groups is 1. The summed E-state index contributed by atoms with van der Waals surface area (Å²) in [4.78, 5) is 9.87. The van der Waals surface area contributed by atoms with Crippen LogP contribution in [0.3, 0.4) is 0 Å². The first-order valence-electron chi connectivity index (χ1n) is 6.14. The molecule has 1 rings (SSSR count). The van der Waals surface area contributed by atoms with Crippen LogP contribution in [-0.4, -0.2) is 48.6 Å². The number of likely N-dealkylation sites (N-methyl/N-ethyl adjacent to an activating group) is 1. The van der Waals surface area contributed by atoms with Gasteiger partial charge in [-0.1, -0.05) is 13.0 Å². The Hall–Kier alpha value is -1.77. The number of aliphatic hydroxyl groups excluding tert-OH is 1. The third-order valence-electron chi connectivity index (χ3n) is 2.69. The van der Waals surface area contributed by atoms with Crippen LogP contribution in [-0.2, 0) is 14.8 Å². The average molecular weight is 317 g/mol. The van der Waals surface area contributed by atoms with Crippen LogP contribution in [0.15, 0.2) is 29.2 Å². The summed E-state index contributed by atoms with van der Waals surface area (Å²) < 4.78 is 39.3. The van der Waals surface area contributed by atoms with E-state index in [9.17, 15) is 17.6 Å². The normalized spacial score (nSPS) is 12.2. The molecular weight excluding hydrogens is 301 g/mol. The number of sulfonamides is 1. The van der Waals surface area contributed by atoms with E-state index in [2.05, 4.69) is 0 Å². The molecule has 0 saturated carbocycles. The van der Waals surface area contributed by atoms with Gasteiger partial charge >= 0.3 is 5.97 Å². The van der Waals surface area contributed by atoms with E-state index >= 15 is 0 Å². The third kappa shape index (κ3) is 4.35. The number of hydrogen-bond acceptors (Lipinski definition) is 4. The fourth-order valence-corrected chi connectivity index (χ4v) is 3.18. The number of rotatable bonds is 7. The molecule has 0 aliphatic rings. The van der Waals surface area contributed by atoms with Crippen LogP contribution in [0.1, 0.15) is 12.5 Å². The number of carboxylic acid groups (broad SMARTS) is 1. The number of benzene rings is 1. The quantitative estimate of drug-likeness (QED) is 0.729. The molecule has 0 heterocycles. The summed E-state index contributed by atoms with van der Waals surface area (Å²) in [6, 6.07) is 3.33. The molecule has 21 heavy (non-hydrogen) atoms. The maximum Gasteiger partial charge on any atom is 0.328 e. The first kappa shape index (κ1) is 17.3. The molecular formula is C13H16FNO5S. The Balaban J connectivity index is 3.17. The highest BCUT2D eigenvalue weighted by Crippen LogP contribution is 2.20. The maximum absolute atomic E-state index is 14.0. The number of nitrogens with zero attached hydrogens (tertiary/aromatic N) is 1. The van der Waals surface area contributed by atoms with Gasteiger partial charge in [0.05, 0.1) is 6.61 Å². The van der Waals surface area contributed by atoms with Gasteiger partial charge in [-0.2, -0.15) is 4.31 Å². The smallest absolute Gasteiger partial charge is 0.328 e. The lowest BCUT2D eigenvalue weighted by atomic mass is 10.2. The summed E-state index contributed by atoms with van der Waals surface area (Å²) in [5.74, 6) is -2.16. The van der Waals surface area contributed by atoms with Crippen LogP contribution in [0.4, 0.5) is 4.39 Å². The summed E-state index contributed by atoms with van der Waals surface area (Å²) >= 11 is 0. The lowest BCUT2D eigenvalue weighted by Gasteiger charge is -2.19. The number of carbonyl (C=O) groups is 1. The van der Waals surface area contributed by atoms with Crippen LogP contribution in [0.25, 0.3) is 6.08 Å². The van der Waals surface area contributed by atoms with Crippen molar-refractivity contribution < 1.29 is 27.8 Å². The van der Waals surface area contributed by atoms with Crippen LogP contribution >= 0.6 is 0 Å². The second-order valence-electron chi connectivity index (χ2n) is 4.08. The molecule has 0 spiro atoms. The summed E-state index contributed by atoms with van der Waals surface area (Å²) in [7, 11) is -4.03. The minimum atomic E-state index is -4.03. The molecule has 8 heteroatoms. The molecule has 0 aromatic heterocycles. The van der Waals surface area contributed by atoms with Crippen molar-refractivity contribution in [2.45, 2.75) is 11.8 Å². The van der Waals surface area contributed by atoms with Crippen molar-refractivity contribution in [2.75, 3.05) is 19.7 Å². The maximum atomic E-state index is 14.0. The largest absolute Gasteiger partial charge is 0.478 e. The predicted molar refractivity (Wildman–Crippen MR) is 74.6 cm³/mol. The molecule has 0 fully saturated rings. The molecule has 0 bridgehead atoms. The molecule has 1 aromatic carbocycles. The molecule has 6 nitrogen and oxygen atoms in total. The summed E-state index contributed by atoms with van der Waals surface area (Å²) in [6.45, 7) is 1.19. The van der Waals surface area contributed by atoms with Crippen molar-refractivity contribution in [1.29, 1.82) is 0 Å². The SMILES string of the molecule is CCN(CCO)S(=O)(=O)c1ccc(/C=C/C(=O)O)cc1F. The van der Waals surface area contributed by atoms with E-state index in [0.717, 1.165) is 28.6 Å². The van der Waals surface area contributed by atoms with Crippen molar-refractivity contribution in [2.24, 2.45) is 0 Å². The fraction of sp³-hybridized carbons (Fsp3) is 0.308. The van der Waals surface area contributed by atoms with Gasteiger partial charge in [-0.25, -0.2) is 17.6 Å². The van der Waals surface area contributed by atoms with Gasteiger partial charge in [0.1, 0.15) is 10.7 Å². The van der Waals surface area contributed by atoms with Crippen LogP contribution in [0.5, 0.6) is 0 Å².